The SMILES string of the molecule is CCC(=O)NC1CCN(C(=O)CCOc2ccccc2)CC1. The molecule has 1 N–H and O–H groups in total. The number of para-hydroxylation sites is 1. The molecular weight excluding hydrogens is 280 g/mol. The van der Waals surface area contributed by atoms with E-state index in [0.29, 0.717) is 32.5 Å². The number of rotatable bonds is 6. The number of likely N-dealkylation sites (tertiary alicyclic amines) is 1. The van der Waals surface area contributed by atoms with Crippen molar-refractivity contribution in [2.45, 2.75) is 38.6 Å². The van der Waals surface area contributed by atoms with Gasteiger partial charge in [0.1, 0.15) is 5.75 Å². The normalized spacial score (nSPS) is 15.4. The van der Waals surface area contributed by atoms with Crippen LogP contribution in [0.3, 0.4) is 0 Å². The third kappa shape index (κ3) is 5.06. The number of hydrogen-bond acceptors (Lipinski definition) is 3. The largest absolute Gasteiger partial charge is 0.493 e. The van der Waals surface area contributed by atoms with E-state index >= 15 is 0 Å². The van der Waals surface area contributed by atoms with Crippen molar-refractivity contribution < 1.29 is 14.3 Å². The van der Waals surface area contributed by atoms with Crippen LogP contribution in [0.2, 0.25) is 0 Å². The molecule has 1 aliphatic heterocycles. The Hall–Kier alpha value is -2.04. The molecule has 0 spiro atoms. The Morgan fingerprint density at radius 2 is 1.91 bits per heavy atom. The van der Waals surface area contributed by atoms with Gasteiger partial charge < -0.3 is 15.0 Å². The van der Waals surface area contributed by atoms with Crippen LogP contribution in [-0.4, -0.2) is 42.5 Å². The van der Waals surface area contributed by atoms with Crippen LogP contribution in [0.15, 0.2) is 30.3 Å². The second-order valence-corrected chi connectivity index (χ2v) is 5.49. The van der Waals surface area contributed by atoms with E-state index in [1.54, 1.807) is 0 Å². The summed E-state index contributed by atoms with van der Waals surface area (Å²) in [6, 6.07) is 9.72. The summed E-state index contributed by atoms with van der Waals surface area (Å²) in [5.74, 6) is 0.994. The number of carbonyl (C=O) groups is 2. The maximum absolute atomic E-state index is 12.1. The minimum absolute atomic E-state index is 0.0843. The van der Waals surface area contributed by atoms with E-state index in [1.807, 2.05) is 42.2 Å². The summed E-state index contributed by atoms with van der Waals surface area (Å²) >= 11 is 0. The summed E-state index contributed by atoms with van der Waals surface area (Å²) in [6.07, 6.45) is 2.56. The van der Waals surface area contributed by atoms with Gasteiger partial charge in [-0.05, 0) is 25.0 Å². The first-order chi connectivity index (χ1) is 10.7. The fourth-order valence-electron chi connectivity index (χ4n) is 2.53. The maximum Gasteiger partial charge on any atom is 0.225 e. The second kappa shape index (κ2) is 8.41. The Morgan fingerprint density at radius 1 is 1.23 bits per heavy atom. The zero-order valence-corrected chi connectivity index (χ0v) is 13.1. The standard InChI is InChI=1S/C17H24N2O3/c1-2-16(20)18-14-8-11-19(12-9-14)17(21)10-13-22-15-6-4-3-5-7-15/h3-7,14H,2,8-13H2,1H3,(H,18,20). The molecular formula is C17H24N2O3. The van der Waals surface area contributed by atoms with Crippen molar-refractivity contribution >= 4 is 11.8 Å². The lowest BCUT2D eigenvalue weighted by atomic mass is 10.0. The number of nitrogens with zero attached hydrogens (tertiary/aromatic N) is 1. The van der Waals surface area contributed by atoms with Crippen molar-refractivity contribution in [1.29, 1.82) is 0 Å². The molecule has 0 atom stereocenters. The van der Waals surface area contributed by atoms with Gasteiger partial charge in [0.15, 0.2) is 0 Å². The Labute approximate surface area is 131 Å². The molecule has 5 nitrogen and oxygen atoms in total. The number of benzene rings is 1. The minimum Gasteiger partial charge on any atom is -0.493 e. The average Bonchev–Trinajstić information content (AvgIpc) is 2.56. The third-order valence-corrected chi connectivity index (χ3v) is 3.86. The van der Waals surface area contributed by atoms with E-state index in [2.05, 4.69) is 5.32 Å². The van der Waals surface area contributed by atoms with E-state index in [0.717, 1.165) is 18.6 Å². The van der Waals surface area contributed by atoms with Crippen LogP contribution in [0.25, 0.3) is 0 Å². The molecule has 120 valence electrons. The van der Waals surface area contributed by atoms with Gasteiger partial charge in [-0.2, -0.15) is 0 Å². The van der Waals surface area contributed by atoms with Gasteiger partial charge >= 0.3 is 0 Å². The van der Waals surface area contributed by atoms with Gasteiger partial charge in [0.25, 0.3) is 0 Å². The van der Waals surface area contributed by atoms with Crippen LogP contribution < -0.4 is 10.1 Å². The molecule has 1 heterocycles. The highest BCUT2D eigenvalue weighted by Crippen LogP contribution is 2.13. The zero-order chi connectivity index (χ0) is 15.8. The number of nitrogens with one attached hydrogen (secondary N) is 1. The zero-order valence-electron chi connectivity index (χ0n) is 13.1. The van der Waals surface area contributed by atoms with Gasteiger partial charge in [0.05, 0.1) is 13.0 Å². The molecule has 2 amide bonds. The van der Waals surface area contributed by atoms with Crippen molar-refractivity contribution in [2.75, 3.05) is 19.7 Å². The molecule has 1 saturated heterocycles. The molecule has 0 aliphatic carbocycles. The lowest BCUT2D eigenvalue weighted by Crippen LogP contribution is -2.46. The van der Waals surface area contributed by atoms with Crippen LogP contribution in [0.4, 0.5) is 0 Å². The van der Waals surface area contributed by atoms with Gasteiger partial charge in [0, 0.05) is 25.6 Å². The summed E-state index contributed by atoms with van der Waals surface area (Å²) in [4.78, 5) is 25.4. The van der Waals surface area contributed by atoms with Crippen LogP contribution >= 0.6 is 0 Å². The first-order valence-corrected chi connectivity index (χ1v) is 7.94. The predicted octanol–water partition coefficient (Wildman–Crippen LogP) is 1.97. The van der Waals surface area contributed by atoms with Crippen LogP contribution in [0, 0.1) is 0 Å². The molecule has 22 heavy (non-hydrogen) atoms. The van der Waals surface area contributed by atoms with Gasteiger partial charge in [-0.15, -0.1) is 0 Å². The summed E-state index contributed by atoms with van der Waals surface area (Å²) < 4.78 is 5.55. The molecule has 5 heteroatoms. The fourth-order valence-corrected chi connectivity index (χ4v) is 2.53. The molecule has 0 radical (unpaired) electrons. The Bertz CT molecular complexity index is 482. The minimum atomic E-state index is 0.0843. The van der Waals surface area contributed by atoms with Crippen LogP contribution in [0.1, 0.15) is 32.6 Å². The molecule has 0 unspecified atom stereocenters. The van der Waals surface area contributed by atoms with Crippen LogP contribution in [0.5, 0.6) is 5.75 Å². The van der Waals surface area contributed by atoms with E-state index in [9.17, 15) is 9.59 Å². The van der Waals surface area contributed by atoms with E-state index in [1.165, 1.54) is 0 Å². The fraction of sp³-hybridized carbons (Fsp3) is 0.529. The predicted molar refractivity (Wildman–Crippen MR) is 84.6 cm³/mol. The van der Waals surface area contributed by atoms with Crippen molar-refractivity contribution in [3.05, 3.63) is 30.3 Å². The molecule has 1 aromatic carbocycles. The molecule has 1 fully saturated rings. The Kier molecular flexibility index (Phi) is 6.25. The number of amides is 2. The van der Waals surface area contributed by atoms with E-state index < -0.39 is 0 Å². The molecule has 1 aromatic rings. The van der Waals surface area contributed by atoms with E-state index in [4.69, 9.17) is 4.74 Å². The Morgan fingerprint density at radius 3 is 2.55 bits per heavy atom. The van der Waals surface area contributed by atoms with Gasteiger partial charge in [0.2, 0.25) is 11.8 Å². The highest BCUT2D eigenvalue weighted by atomic mass is 16.5. The molecule has 0 bridgehead atoms. The smallest absolute Gasteiger partial charge is 0.225 e. The first kappa shape index (κ1) is 16.3. The van der Waals surface area contributed by atoms with Crippen LogP contribution in [-0.2, 0) is 9.59 Å². The van der Waals surface area contributed by atoms with Gasteiger partial charge in [-0.1, -0.05) is 25.1 Å². The summed E-state index contributed by atoms with van der Waals surface area (Å²) in [6.45, 7) is 3.66. The maximum atomic E-state index is 12.1. The van der Waals surface area contributed by atoms with Crippen molar-refractivity contribution in [3.63, 3.8) is 0 Å². The summed E-state index contributed by atoms with van der Waals surface area (Å²) in [5.41, 5.74) is 0. The van der Waals surface area contributed by atoms with E-state index in [-0.39, 0.29) is 17.9 Å². The Balaban J connectivity index is 1.66. The quantitative estimate of drug-likeness (QED) is 0.874. The summed E-state index contributed by atoms with van der Waals surface area (Å²) in [7, 11) is 0. The van der Waals surface area contributed by atoms with Crippen molar-refractivity contribution in [2.24, 2.45) is 0 Å². The number of carbonyl (C=O) groups excluding carboxylic acids is 2. The van der Waals surface area contributed by atoms with Gasteiger partial charge in [-0.3, -0.25) is 9.59 Å². The second-order valence-electron chi connectivity index (χ2n) is 5.49. The summed E-state index contributed by atoms with van der Waals surface area (Å²) in [5, 5.41) is 2.99. The first-order valence-electron chi connectivity index (χ1n) is 7.94. The molecule has 0 saturated carbocycles. The van der Waals surface area contributed by atoms with Crippen molar-refractivity contribution in [3.8, 4) is 5.75 Å². The van der Waals surface area contributed by atoms with Gasteiger partial charge in [-0.25, -0.2) is 0 Å². The number of piperidine rings is 1. The lowest BCUT2D eigenvalue weighted by Gasteiger charge is -2.32. The average molecular weight is 304 g/mol. The number of ether oxygens (including phenoxy) is 1. The molecule has 1 aliphatic rings. The number of hydrogen-bond donors (Lipinski definition) is 1. The third-order valence-electron chi connectivity index (χ3n) is 3.86. The molecule has 0 aromatic heterocycles. The topological polar surface area (TPSA) is 58.6 Å². The highest BCUT2D eigenvalue weighted by Gasteiger charge is 2.23. The van der Waals surface area contributed by atoms with Crippen molar-refractivity contribution in [1.82, 2.24) is 10.2 Å². The monoisotopic (exact) mass is 304 g/mol. The molecule has 2 rings (SSSR count). The lowest BCUT2D eigenvalue weighted by molar-refractivity contribution is -0.132. The highest BCUT2D eigenvalue weighted by molar-refractivity contribution is 5.77.